The van der Waals surface area contributed by atoms with E-state index in [4.69, 9.17) is 0 Å². The van der Waals surface area contributed by atoms with E-state index in [1.54, 1.807) is 0 Å². The number of allylic oxidation sites excluding steroid dienone is 2. The molecular formula is C16H29NaO2. The summed E-state index contributed by atoms with van der Waals surface area (Å²) in [6.07, 6.45) is 18.0. The van der Waals surface area contributed by atoms with Crippen LogP contribution in [0.2, 0.25) is 0 Å². The van der Waals surface area contributed by atoms with E-state index in [0.717, 1.165) is 19.3 Å². The van der Waals surface area contributed by atoms with Crippen LogP contribution in [0.15, 0.2) is 12.2 Å². The van der Waals surface area contributed by atoms with Crippen molar-refractivity contribution >= 4 is 5.97 Å². The fourth-order valence-corrected chi connectivity index (χ4v) is 1.99. The number of carboxylic acid groups (broad SMARTS) is 1. The molecular weight excluding hydrogens is 247 g/mol. The van der Waals surface area contributed by atoms with Crippen LogP contribution in [0.5, 0.6) is 0 Å². The molecule has 0 aliphatic heterocycles. The molecule has 0 bridgehead atoms. The first-order chi connectivity index (χ1) is 8.77. The second-order valence-corrected chi connectivity index (χ2v) is 5.00. The number of carboxylic acids is 1. The molecule has 3 heteroatoms. The molecule has 0 aromatic carbocycles. The Hall–Kier alpha value is 0.210. The second kappa shape index (κ2) is 18.2. The third-order valence-electron chi connectivity index (χ3n) is 3.14. The van der Waals surface area contributed by atoms with Crippen LogP contribution in [0.3, 0.4) is 0 Å². The first-order valence-corrected chi connectivity index (χ1v) is 7.62. The van der Waals surface area contributed by atoms with Gasteiger partial charge >= 0.3 is 29.6 Å². The van der Waals surface area contributed by atoms with Crippen molar-refractivity contribution in [2.75, 3.05) is 0 Å². The molecule has 0 unspecified atom stereocenters. The van der Waals surface area contributed by atoms with Crippen LogP contribution in [0.1, 0.15) is 84.0 Å². The summed E-state index contributed by atoms with van der Waals surface area (Å²) in [7, 11) is 0. The molecule has 0 atom stereocenters. The van der Waals surface area contributed by atoms with Crippen LogP contribution in [0, 0.1) is 0 Å². The van der Waals surface area contributed by atoms with E-state index in [1.807, 2.05) is 0 Å². The largest absolute Gasteiger partial charge is 1.00 e. The molecule has 0 aromatic rings. The third-order valence-corrected chi connectivity index (χ3v) is 3.14. The molecule has 0 rings (SSSR count). The minimum Gasteiger partial charge on any atom is -0.550 e. The van der Waals surface area contributed by atoms with Crippen molar-refractivity contribution in [3.05, 3.63) is 12.2 Å². The molecule has 0 radical (unpaired) electrons. The molecule has 2 nitrogen and oxygen atoms in total. The quantitative estimate of drug-likeness (QED) is 0.286. The van der Waals surface area contributed by atoms with E-state index in [1.165, 1.54) is 51.4 Å². The van der Waals surface area contributed by atoms with Gasteiger partial charge in [-0.15, -0.1) is 0 Å². The molecule has 0 N–H and O–H groups in total. The van der Waals surface area contributed by atoms with Gasteiger partial charge in [-0.05, 0) is 38.5 Å². The van der Waals surface area contributed by atoms with Gasteiger partial charge in [0.15, 0.2) is 0 Å². The van der Waals surface area contributed by atoms with Gasteiger partial charge in [-0.25, -0.2) is 0 Å². The molecule has 0 heterocycles. The first-order valence-electron chi connectivity index (χ1n) is 7.62. The zero-order chi connectivity index (χ0) is 13.5. The van der Waals surface area contributed by atoms with Crippen molar-refractivity contribution in [3.8, 4) is 0 Å². The van der Waals surface area contributed by atoms with Crippen LogP contribution in [0.25, 0.3) is 0 Å². The average molecular weight is 276 g/mol. The van der Waals surface area contributed by atoms with E-state index in [-0.39, 0.29) is 36.0 Å². The zero-order valence-corrected chi connectivity index (χ0v) is 15.0. The molecule has 0 saturated carbocycles. The molecule has 0 saturated heterocycles. The summed E-state index contributed by atoms with van der Waals surface area (Å²) in [4.78, 5) is 10.2. The Labute approximate surface area is 141 Å². The molecule has 0 aliphatic carbocycles. The zero-order valence-electron chi connectivity index (χ0n) is 13.0. The van der Waals surface area contributed by atoms with Gasteiger partial charge in [0.2, 0.25) is 0 Å². The number of carbonyl (C=O) groups is 1. The Kier molecular flexibility index (Phi) is 20.6. The van der Waals surface area contributed by atoms with Crippen molar-refractivity contribution in [2.24, 2.45) is 0 Å². The Morgan fingerprint density at radius 3 is 1.84 bits per heavy atom. The van der Waals surface area contributed by atoms with Crippen LogP contribution in [-0.4, -0.2) is 5.97 Å². The molecule has 106 valence electrons. The van der Waals surface area contributed by atoms with E-state index < -0.39 is 5.97 Å². The fraction of sp³-hybridized carbons (Fsp3) is 0.812. The molecule has 0 aromatic heterocycles. The molecule has 0 fully saturated rings. The van der Waals surface area contributed by atoms with Crippen molar-refractivity contribution < 1.29 is 39.5 Å². The maximum atomic E-state index is 10.2. The summed E-state index contributed by atoms with van der Waals surface area (Å²) in [5.74, 6) is -0.916. The standard InChI is InChI=1S/C16H30O2.Na/c1-2-3-4-5-6-7-8-9-10-11-12-13-14-15-16(17)18;/h7-8H,2-6,9-15H2,1H3,(H,17,18);/q;+1/p-1/b8-7-;. The van der Waals surface area contributed by atoms with Gasteiger partial charge in [0.1, 0.15) is 0 Å². The van der Waals surface area contributed by atoms with Gasteiger partial charge in [-0.1, -0.05) is 57.6 Å². The summed E-state index contributed by atoms with van der Waals surface area (Å²) >= 11 is 0. The SMILES string of the molecule is CCCCCC/C=C\CCCCCCCC(=O)[O-].[Na+]. The minimum atomic E-state index is -0.916. The van der Waals surface area contributed by atoms with E-state index in [0.29, 0.717) is 0 Å². The molecule has 0 amide bonds. The number of aliphatic carboxylic acids is 1. The molecule has 0 spiro atoms. The van der Waals surface area contributed by atoms with Gasteiger partial charge in [0.05, 0.1) is 0 Å². The summed E-state index contributed by atoms with van der Waals surface area (Å²) in [6, 6.07) is 0. The summed E-state index contributed by atoms with van der Waals surface area (Å²) in [5.41, 5.74) is 0. The van der Waals surface area contributed by atoms with Crippen molar-refractivity contribution in [1.29, 1.82) is 0 Å². The summed E-state index contributed by atoms with van der Waals surface area (Å²) < 4.78 is 0. The van der Waals surface area contributed by atoms with E-state index >= 15 is 0 Å². The molecule has 0 aliphatic rings. The Balaban J connectivity index is 0. The van der Waals surface area contributed by atoms with E-state index in [2.05, 4.69) is 19.1 Å². The maximum Gasteiger partial charge on any atom is 1.00 e. The van der Waals surface area contributed by atoms with Crippen molar-refractivity contribution in [1.82, 2.24) is 0 Å². The van der Waals surface area contributed by atoms with Gasteiger partial charge in [0.25, 0.3) is 0 Å². The number of hydrogen-bond donors (Lipinski definition) is 0. The number of rotatable bonds is 13. The van der Waals surface area contributed by atoms with E-state index in [9.17, 15) is 9.90 Å². The van der Waals surface area contributed by atoms with Crippen LogP contribution < -0.4 is 34.7 Å². The Morgan fingerprint density at radius 2 is 1.32 bits per heavy atom. The average Bonchev–Trinajstić information content (AvgIpc) is 2.34. The third kappa shape index (κ3) is 20.7. The normalized spacial score (nSPS) is 10.6. The fourth-order valence-electron chi connectivity index (χ4n) is 1.99. The predicted octanol–water partition coefficient (Wildman–Crippen LogP) is 0.998. The van der Waals surface area contributed by atoms with Gasteiger partial charge in [-0.2, -0.15) is 0 Å². The monoisotopic (exact) mass is 276 g/mol. The van der Waals surface area contributed by atoms with Crippen LogP contribution in [0.4, 0.5) is 0 Å². The Morgan fingerprint density at radius 1 is 0.842 bits per heavy atom. The second-order valence-electron chi connectivity index (χ2n) is 5.00. The minimum absolute atomic E-state index is 0. The summed E-state index contributed by atoms with van der Waals surface area (Å²) in [6.45, 7) is 2.24. The predicted molar refractivity (Wildman–Crippen MR) is 75.2 cm³/mol. The number of carbonyl (C=O) groups excluding carboxylic acids is 1. The number of hydrogen-bond acceptors (Lipinski definition) is 2. The first kappa shape index (κ1) is 21.5. The van der Waals surface area contributed by atoms with Crippen molar-refractivity contribution in [2.45, 2.75) is 84.0 Å². The van der Waals surface area contributed by atoms with Crippen LogP contribution in [-0.2, 0) is 4.79 Å². The van der Waals surface area contributed by atoms with Gasteiger partial charge in [-0.3, -0.25) is 0 Å². The summed E-state index contributed by atoms with van der Waals surface area (Å²) in [5, 5.41) is 10.2. The number of unbranched alkanes of at least 4 members (excludes halogenated alkanes) is 9. The van der Waals surface area contributed by atoms with Gasteiger partial charge in [0, 0.05) is 5.97 Å². The molecule has 19 heavy (non-hydrogen) atoms. The Bertz CT molecular complexity index is 215. The maximum absolute atomic E-state index is 10.2. The smallest absolute Gasteiger partial charge is 0.550 e. The topological polar surface area (TPSA) is 40.1 Å². The van der Waals surface area contributed by atoms with Crippen LogP contribution >= 0.6 is 0 Å². The van der Waals surface area contributed by atoms with Crippen molar-refractivity contribution in [3.63, 3.8) is 0 Å². The van der Waals surface area contributed by atoms with Gasteiger partial charge < -0.3 is 9.90 Å².